The lowest BCUT2D eigenvalue weighted by Crippen LogP contribution is -2.37. The number of nitro benzene ring substituents is 1. The average Bonchev–Trinajstić information content (AvgIpc) is 2.53. The summed E-state index contributed by atoms with van der Waals surface area (Å²) >= 11 is 0. The zero-order valence-electron chi connectivity index (χ0n) is 11.7. The van der Waals surface area contributed by atoms with Gasteiger partial charge in [-0.3, -0.25) is 14.9 Å². The van der Waals surface area contributed by atoms with Crippen molar-refractivity contribution in [1.29, 1.82) is 0 Å². The maximum atomic E-state index is 12.4. The van der Waals surface area contributed by atoms with Crippen LogP contribution >= 0.6 is 0 Å². The number of nitro groups is 1. The number of carbonyl (C=O) groups excluding carboxylic acids is 1. The fourth-order valence-electron chi connectivity index (χ4n) is 1.99. The van der Waals surface area contributed by atoms with Gasteiger partial charge >= 0.3 is 0 Å². The monoisotopic (exact) mass is 335 g/mol. The summed E-state index contributed by atoms with van der Waals surface area (Å²) in [5.41, 5.74) is 5.00. The number of carbonyl (C=O) groups is 1. The van der Waals surface area contributed by atoms with E-state index in [-0.39, 0.29) is 0 Å². The Kier molecular flexibility index (Phi) is 4.72. The number of nitrogens with zero attached hydrogens (tertiary/aromatic N) is 1. The molecule has 0 spiro atoms. The van der Waals surface area contributed by atoms with Crippen molar-refractivity contribution in [2.75, 3.05) is 0 Å². The first kappa shape index (κ1) is 16.6. The average molecular weight is 335 g/mol. The quantitative estimate of drug-likeness (QED) is 0.602. The van der Waals surface area contributed by atoms with Crippen LogP contribution in [0.4, 0.5) is 5.69 Å². The SMILES string of the molecule is NC(=O)C(NS(=O)(=O)c1ccccc1[N+](=O)[O-])c1ccccc1. The van der Waals surface area contributed by atoms with E-state index in [9.17, 15) is 23.3 Å². The predicted octanol–water partition coefficient (Wildman–Crippen LogP) is 1.10. The van der Waals surface area contributed by atoms with Crippen molar-refractivity contribution in [3.63, 3.8) is 0 Å². The molecule has 3 N–H and O–H groups in total. The minimum Gasteiger partial charge on any atom is -0.368 e. The van der Waals surface area contributed by atoms with Gasteiger partial charge in [-0.15, -0.1) is 0 Å². The van der Waals surface area contributed by atoms with Gasteiger partial charge in [0.05, 0.1) is 4.92 Å². The van der Waals surface area contributed by atoms with Crippen LogP contribution in [0.5, 0.6) is 0 Å². The molecule has 0 aromatic heterocycles. The van der Waals surface area contributed by atoms with Crippen molar-refractivity contribution in [2.45, 2.75) is 10.9 Å². The lowest BCUT2D eigenvalue weighted by Gasteiger charge is -2.16. The van der Waals surface area contributed by atoms with E-state index >= 15 is 0 Å². The topological polar surface area (TPSA) is 132 Å². The molecule has 0 heterocycles. The Morgan fingerprint density at radius 2 is 1.65 bits per heavy atom. The number of rotatable bonds is 6. The second kappa shape index (κ2) is 6.55. The molecule has 0 saturated heterocycles. The summed E-state index contributed by atoms with van der Waals surface area (Å²) in [5.74, 6) is -0.918. The van der Waals surface area contributed by atoms with Gasteiger partial charge in [0.2, 0.25) is 15.9 Å². The molecule has 0 saturated carbocycles. The molecule has 1 amide bonds. The Morgan fingerprint density at radius 3 is 2.22 bits per heavy atom. The maximum absolute atomic E-state index is 12.4. The number of para-hydroxylation sites is 1. The predicted molar refractivity (Wildman–Crippen MR) is 81.8 cm³/mol. The maximum Gasteiger partial charge on any atom is 0.289 e. The first-order valence-electron chi connectivity index (χ1n) is 6.43. The Labute approximate surface area is 132 Å². The second-order valence-electron chi connectivity index (χ2n) is 4.59. The largest absolute Gasteiger partial charge is 0.368 e. The molecule has 0 aliphatic heterocycles. The third-order valence-electron chi connectivity index (χ3n) is 3.04. The number of hydrogen-bond donors (Lipinski definition) is 2. The highest BCUT2D eigenvalue weighted by Gasteiger charge is 2.30. The fourth-order valence-corrected chi connectivity index (χ4v) is 3.35. The molecule has 2 aromatic rings. The van der Waals surface area contributed by atoms with Gasteiger partial charge in [0.15, 0.2) is 4.90 Å². The number of nitrogens with two attached hydrogens (primary N) is 1. The molecule has 2 aromatic carbocycles. The molecule has 0 aliphatic carbocycles. The highest BCUT2D eigenvalue weighted by Crippen LogP contribution is 2.24. The molecule has 2 rings (SSSR count). The summed E-state index contributed by atoms with van der Waals surface area (Å²) in [5, 5.41) is 11.0. The van der Waals surface area contributed by atoms with Crippen LogP contribution in [0.1, 0.15) is 11.6 Å². The van der Waals surface area contributed by atoms with Gasteiger partial charge in [0.25, 0.3) is 5.69 Å². The van der Waals surface area contributed by atoms with E-state index in [0.717, 1.165) is 12.1 Å². The van der Waals surface area contributed by atoms with Crippen molar-refractivity contribution in [3.8, 4) is 0 Å². The molecule has 120 valence electrons. The van der Waals surface area contributed by atoms with Gasteiger partial charge < -0.3 is 5.73 Å². The third kappa shape index (κ3) is 3.71. The van der Waals surface area contributed by atoms with Crippen LogP contribution in [0, 0.1) is 10.1 Å². The van der Waals surface area contributed by atoms with Crippen molar-refractivity contribution in [2.24, 2.45) is 5.73 Å². The van der Waals surface area contributed by atoms with E-state index in [0.29, 0.717) is 5.56 Å². The molecule has 23 heavy (non-hydrogen) atoms. The van der Waals surface area contributed by atoms with Crippen LogP contribution in [-0.2, 0) is 14.8 Å². The lowest BCUT2D eigenvalue weighted by atomic mass is 10.1. The Bertz CT molecular complexity index is 837. The molecule has 0 aliphatic rings. The molecular weight excluding hydrogens is 322 g/mol. The fraction of sp³-hybridized carbons (Fsp3) is 0.0714. The third-order valence-corrected chi connectivity index (χ3v) is 4.51. The Balaban J connectivity index is 2.44. The van der Waals surface area contributed by atoms with Crippen molar-refractivity contribution >= 4 is 21.6 Å². The zero-order valence-corrected chi connectivity index (χ0v) is 12.6. The van der Waals surface area contributed by atoms with Gasteiger partial charge in [0.1, 0.15) is 6.04 Å². The Morgan fingerprint density at radius 1 is 1.09 bits per heavy atom. The van der Waals surface area contributed by atoms with Gasteiger partial charge in [-0.05, 0) is 11.6 Å². The van der Waals surface area contributed by atoms with Gasteiger partial charge in [0, 0.05) is 6.07 Å². The van der Waals surface area contributed by atoms with Crippen molar-refractivity contribution in [1.82, 2.24) is 4.72 Å². The van der Waals surface area contributed by atoms with E-state index in [4.69, 9.17) is 5.73 Å². The minimum absolute atomic E-state index is 0.335. The molecule has 1 atom stereocenters. The van der Waals surface area contributed by atoms with Crippen LogP contribution in [0.25, 0.3) is 0 Å². The van der Waals surface area contributed by atoms with Gasteiger partial charge in [-0.2, -0.15) is 4.72 Å². The number of benzene rings is 2. The van der Waals surface area contributed by atoms with E-state index in [2.05, 4.69) is 4.72 Å². The van der Waals surface area contributed by atoms with Crippen LogP contribution < -0.4 is 10.5 Å². The van der Waals surface area contributed by atoms with Crippen LogP contribution in [0.2, 0.25) is 0 Å². The molecule has 0 fully saturated rings. The lowest BCUT2D eigenvalue weighted by molar-refractivity contribution is -0.387. The van der Waals surface area contributed by atoms with Crippen molar-refractivity contribution < 1.29 is 18.1 Å². The summed E-state index contributed by atoms with van der Waals surface area (Å²) < 4.78 is 27.0. The molecular formula is C14H13N3O5S. The molecule has 0 bridgehead atoms. The highest BCUT2D eigenvalue weighted by atomic mass is 32.2. The normalized spacial score (nSPS) is 12.5. The minimum atomic E-state index is -4.32. The van der Waals surface area contributed by atoms with Gasteiger partial charge in [-0.1, -0.05) is 42.5 Å². The molecule has 9 heteroatoms. The zero-order chi connectivity index (χ0) is 17.0. The number of hydrogen-bond acceptors (Lipinski definition) is 5. The van der Waals surface area contributed by atoms with Crippen LogP contribution in [0.3, 0.4) is 0 Å². The molecule has 0 radical (unpaired) electrons. The van der Waals surface area contributed by atoms with E-state index in [1.165, 1.54) is 24.3 Å². The van der Waals surface area contributed by atoms with Gasteiger partial charge in [-0.25, -0.2) is 8.42 Å². The first-order valence-corrected chi connectivity index (χ1v) is 7.91. The van der Waals surface area contributed by atoms with E-state index in [1.54, 1.807) is 18.2 Å². The first-order chi connectivity index (χ1) is 10.8. The summed E-state index contributed by atoms with van der Waals surface area (Å²) in [6.07, 6.45) is 0. The summed E-state index contributed by atoms with van der Waals surface area (Å²) in [6.45, 7) is 0. The number of nitrogens with one attached hydrogen (secondary N) is 1. The van der Waals surface area contributed by atoms with Crippen LogP contribution in [-0.4, -0.2) is 19.2 Å². The second-order valence-corrected chi connectivity index (χ2v) is 6.27. The number of amides is 1. The molecule has 1 unspecified atom stereocenters. The summed E-state index contributed by atoms with van der Waals surface area (Å²) in [4.78, 5) is 21.2. The van der Waals surface area contributed by atoms with E-state index < -0.39 is 37.5 Å². The summed E-state index contributed by atoms with van der Waals surface area (Å²) in [6, 6.07) is 11.5. The number of sulfonamides is 1. The summed E-state index contributed by atoms with van der Waals surface area (Å²) in [7, 11) is -4.32. The van der Waals surface area contributed by atoms with Crippen molar-refractivity contribution in [3.05, 3.63) is 70.3 Å². The standard InChI is InChI=1S/C14H13N3O5S/c15-14(18)13(10-6-2-1-3-7-10)16-23(21,22)12-9-5-4-8-11(12)17(19)20/h1-9,13,16H,(H2,15,18). The van der Waals surface area contributed by atoms with E-state index in [1.807, 2.05) is 0 Å². The highest BCUT2D eigenvalue weighted by molar-refractivity contribution is 7.89. The van der Waals surface area contributed by atoms with Crippen LogP contribution in [0.15, 0.2) is 59.5 Å². The smallest absolute Gasteiger partial charge is 0.289 e. The Hall–Kier alpha value is -2.78. The molecule has 8 nitrogen and oxygen atoms in total. The number of primary amides is 1.